The van der Waals surface area contributed by atoms with Gasteiger partial charge in [-0.25, -0.2) is 4.39 Å². The van der Waals surface area contributed by atoms with Crippen LogP contribution in [0.2, 0.25) is 0 Å². The molecule has 3 heteroatoms. The molecule has 0 amide bonds. The number of thiophene rings is 1. The molecule has 1 rings (SSSR count). The van der Waals surface area contributed by atoms with Crippen molar-refractivity contribution in [2.75, 3.05) is 7.11 Å². The van der Waals surface area contributed by atoms with Crippen molar-refractivity contribution in [3.05, 3.63) is 16.1 Å². The Balaban J connectivity index is 3.16. The highest BCUT2D eigenvalue weighted by atomic mass is 32.1. The predicted molar refractivity (Wildman–Crippen MR) is 49.5 cm³/mol. The fourth-order valence-electron chi connectivity index (χ4n) is 1.03. The summed E-state index contributed by atoms with van der Waals surface area (Å²) in [7, 11) is 1.50. The van der Waals surface area contributed by atoms with Crippen LogP contribution in [0.4, 0.5) is 4.39 Å². The van der Waals surface area contributed by atoms with Gasteiger partial charge in [0.25, 0.3) is 0 Å². The average Bonchev–Trinajstić information content (AvgIpc) is 2.29. The lowest BCUT2D eigenvalue weighted by Crippen LogP contribution is -2.10. The number of halogens is 1. The van der Waals surface area contributed by atoms with E-state index in [4.69, 9.17) is 4.74 Å². The van der Waals surface area contributed by atoms with Crippen molar-refractivity contribution in [2.45, 2.75) is 26.2 Å². The number of hydrogen-bond donors (Lipinski definition) is 0. The van der Waals surface area contributed by atoms with Crippen LogP contribution in [0.25, 0.3) is 0 Å². The predicted octanol–water partition coefficient (Wildman–Crippen LogP) is 3.19. The Morgan fingerprint density at radius 3 is 2.33 bits per heavy atom. The standard InChI is InChI=1S/C9H13FOS/c1-9(2,3)8-7(11-4)6(10)5-12-8/h5H,1-4H3. The van der Waals surface area contributed by atoms with Gasteiger partial charge in [0.15, 0.2) is 11.6 Å². The van der Waals surface area contributed by atoms with E-state index in [2.05, 4.69) is 0 Å². The molecule has 0 radical (unpaired) electrons. The number of ether oxygens (including phenoxy) is 1. The van der Waals surface area contributed by atoms with Crippen LogP contribution < -0.4 is 4.74 Å². The van der Waals surface area contributed by atoms with E-state index in [1.165, 1.54) is 23.8 Å². The summed E-state index contributed by atoms with van der Waals surface area (Å²) < 4.78 is 18.0. The van der Waals surface area contributed by atoms with Crippen LogP contribution in [0, 0.1) is 5.82 Å². The molecule has 0 N–H and O–H groups in total. The first-order valence-electron chi connectivity index (χ1n) is 3.78. The third-order valence-electron chi connectivity index (χ3n) is 1.59. The highest BCUT2D eigenvalue weighted by molar-refractivity contribution is 7.10. The molecule has 0 saturated heterocycles. The molecule has 0 aliphatic rings. The summed E-state index contributed by atoms with van der Waals surface area (Å²) in [6, 6.07) is 0. The minimum Gasteiger partial charge on any atom is -0.492 e. The summed E-state index contributed by atoms with van der Waals surface area (Å²) in [5.74, 6) is 0.139. The van der Waals surface area contributed by atoms with E-state index in [-0.39, 0.29) is 11.2 Å². The quantitative estimate of drug-likeness (QED) is 0.657. The van der Waals surface area contributed by atoms with Gasteiger partial charge in [0, 0.05) is 10.8 Å². The fourth-order valence-corrected chi connectivity index (χ4v) is 2.00. The summed E-state index contributed by atoms with van der Waals surface area (Å²) in [5.41, 5.74) is -0.0413. The molecule has 0 aliphatic carbocycles. The molecule has 12 heavy (non-hydrogen) atoms. The minimum atomic E-state index is -0.257. The van der Waals surface area contributed by atoms with Crippen LogP contribution in [0.15, 0.2) is 5.38 Å². The molecule has 0 bridgehead atoms. The Morgan fingerprint density at radius 2 is 2.00 bits per heavy atom. The Labute approximate surface area is 76.2 Å². The summed E-state index contributed by atoms with van der Waals surface area (Å²) >= 11 is 1.41. The molecule has 1 aromatic heterocycles. The van der Waals surface area contributed by atoms with Crippen molar-refractivity contribution in [3.8, 4) is 5.75 Å². The zero-order valence-electron chi connectivity index (χ0n) is 7.77. The smallest absolute Gasteiger partial charge is 0.176 e. The van der Waals surface area contributed by atoms with Gasteiger partial charge in [-0.05, 0) is 0 Å². The highest BCUT2D eigenvalue weighted by Crippen LogP contribution is 2.38. The second-order valence-electron chi connectivity index (χ2n) is 3.70. The van der Waals surface area contributed by atoms with Crippen LogP contribution in [0.3, 0.4) is 0 Å². The Bertz CT molecular complexity index is 273. The van der Waals surface area contributed by atoms with Crippen LogP contribution in [-0.4, -0.2) is 7.11 Å². The highest BCUT2D eigenvalue weighted by Gasteiger charge is 2.23. The summed E-state index contributed by atoms with van der Waals surface area (Å²) in [6.07, 6.45) is 0. The maximum Gasteiger partial charge on any atom is 0.176 e. The maximum absolute atomic E-state index is 13.0. The van der Waals surface area contributed by atoms with Crippen molar-refractivity contribution in [3.63, 3.8) is 0 Å². The van der Waals surface area contributed by atoms with Crippen LogP contribution in [0.5, 0.6) is 5.75 Å². The normalized spacial score (nSPS) is 11.8. The van der Waals surface area contributed by atoms with Crippen molar-refractivity contribution in [1.82, 2.24) is 0 Å². The van der Waals surface area contributed by atoms with E-state index in [9.17, 15) is 4.39 Å². The van der Waals surface area contributed by atoms with Gasteiger partial charge in [-0.1, -0.05) is 20.8 Å². The molecular weight excluding hydrogens is 175 g/mol. The first-order valence-corrected chi connectivity index (χ1v) is 4.66. The van der Waals surface area contributed by atoms with Crippen molar-refractivity contribution >= 4 is 11.3 Å². The van der Waals surface area contributed by atoms with Crippen LogP contribution in [0.1, 0.15) is 25.6 Å². The zero-order valence-corrected chi connectivity index (χ0v) is 8.59. The van der Waals surface area contributed by atoms with Crippen molar-refractivity contribution in [1.29, 1.82) is 0 Å². The molecule has 0 spiro atoms. The van der Waals surface area contributed by atoms with Gasteiger partial charge >= 0.3 is 0 Å². The molecule has 68 valence electrons. The van der Waals surface area contributed by atoms with Gasteiger partial charge in [-0.15, -0.1) is 11.3 Å². The van der Waals surface area contributed by atoms with E-state index < -0.39 is 0 Å². The largest absolute Gasteiger partial charge is 0.492 e. The molecule has 0 fully saturated rings. The van der Waals surface area contributed by atoms with E-state index in [0.29, 0.717) is 5.75 Å². The van der Waals surface area contributed by atoms with Crippen LogP contribution >= 0.6 is 11.3 Å². The van der Waals surface area contributed by atoms with E-state index >= 15 is 0 Å². The van der Waals surface area contributed by atoms with E-state index in [1.807, 2.05) is 20.8 Å². The molecule has 1 heterocycles. The molecule has 1 nitrogen and oxygen atoms in total. The lowest BCUT2D eigenvalue weighted by molar-refractivity contribution is 0.376. The van der Waals surface area contributed by atoms with Crippen molar-refractivity contribution in [2.24, 2.45) is 0 Å². The number of rotatable bonds is 1. The lowest BCUT2D eigenvalue weighted by atomic mass is 9.94. The monoisotopic (exact) mass is 188 g/mol. The number of hydrogen-bond acceptors (Lipinski definition) is 2. The average molecular weight is 188 g/mol. The first kappa shape index (κ1) is 9.52. The zero-order chi connectivity index (χ0) is 9.35. The first-order chi connectivity index (χ1) is 5.46. The third kappa shape index (κ3) is 1.61. The van der Waals surface area contributed by atoms with Gasteiger partial charge < -0.3 is 4.74 Å². The van der Waals surface area contributed by atoms with Gasteiger partial charge in [-0.3, -0.25) is 0 Å². The fraction of sp³-hybridized carbons (Fsp3) is 0.556. The molecule has 0 aromatic carbocycles. The molecule has 0 unspecified atom stereocenters. The molecular formula is C9H13FOS. The number of methoxy groups -OCH3 is 1. The second kappa shape index (κ2) is 3.05. The van der Waals surface area contributed by atoms with Gasteiger partial charge in [0.2, 0.25) is 0 Å². The Morgan fingerprint density at radius 1 is 1.42 bits per heavy atom. The summed E-state index contributed by atoms with van der Waals surface area (Å²) in [4.78, 5) is 0.961. The van der Waals surface area contributed by atoms with E-state index in [1.54, 1.807) is 0 Å². The maximum atomic E-state index is 13.0. The SMILES string of the molecule is COc1c(F)csc1C(C)(C)C. The Kier molecular flexibility index (Phi) is 2.42. The summed E-state index contributed by atoms with van der Waals surface area (Å²) in [5, 5.41) is 1.49. The topological polar surface area (TPSA) is 9.23 Å². The van der Waals surface area contributed by atoms with Gasteiger partial charge in [-0.2, -0.15) is 0 Å². The molecule has 0 saturated carbocycles. The minimum absolute atomic E-state index is 0.0413. The third-order valence-corrected chi connectivity index (χ3v) is 2.95. The van der Waals surface area contributed by atoms with Crippen LogP contribution in [-0.2, 0) is 5.41 Å². The van der Waals surface area contributed by atoms with E-state index in [0.717, 1.165) is 4.88 Å². The summed E-state index contributed by atoms with van der Waals surface area (Å²) in [6.45, 7) is 6.13. The lowest BCUT2D eigenvalue weighted by Gasteiger charge is -2.17. The second-order valence-corrected chi connectivity index (χ2v) is 4.58. The van der Waals surface area contributed by atoms with Gasteiger partial charge in [0.05, 0.1) is 12.0 Å². The molecule has 0 atom stereocenters. The molecule has 1 aromatic rings. The molecule has 0 aliphatic heterocycles. The van der Waals surface area contributed by atoms with Gasteiger partial charge in [0.1, 0.15) is 0 Å². The Hall–Kier alpha value is -0.570. The van der Waals surface area contributed by atoms with Crippen molar-refractivity contribution < 1.29 is 9.13 Å².